The first-order valence-corrected chi connectivity index (χ1v) is 16.3. The summed E-state index contributed by atoms with van der Waals surface area (Å²) in [5.41, 5.74) is -1.57. The third-order valence-corrected chi connectivity index (χ3v) is 14.4. The molecule has 0 spiro atoms. The summed E-state index contributed by atoms with van der Waals surface area (Å²) >= 11 is 0. The van der Waals surface area contributed by atoms with Crippen LogP contribution in [0.1, 0.15) is 40.0 Å². The van der Waals surface area contributed by atoms with Gasteiger partial charge in [-0.3, -0.25) is 0 Å². The lowest BCUT2D eigenvalue weighted by Gasteiger charge is -2.71. The number of fused-ring (bicyclic) bond motifs is 2. The van der Waals surface area contributed by atoms with Crippen molar-refractivity contribution >= 4 is 23.6 Å². The van der Waals surface area contributed by atoms with Crippen LogP contribution in [0.4, 0.5) is 0 Å². The molecule has 140 valence electrons. The summed E-state index contributed by atoms with van der Waals surface area (Å²) in [7, 11) is -3.92. The lowest BCUT2D eigenvalue weighted by Crippen LogP contribution is -2.77. The zero-order valence-electron chi connectivity index (χ0n) is 17.2. The first kappa shape index (κ1) is 20.6. The topological polar surface area (TPSA) is 52.9 Å². The van der Waals surface area contributed by atoms with Crippen molar-refractivity contribution in [3.63, 3.8) is 0 Å². The van der Waals surface area contributed by atoms with Gasteiger partial charge in [0.05, 0.1) is 11.2 Å². The number of hydrogen-bond donors (Lipinski definition) is 2. The number of nitrogens with zero attached hydrogens (tertiary/aromatic N) is 1. The maximum atomic E-state index is 11.0. The van der Waals surface area contributed by atoms with Gasteiger partial charge in [0, 0.05) is 6.44 Å². The Bertz CT molecular complexity index is 463. The summed E-state index contributed by atoms with van der Waals surface area (Å²) in [5, 5.41) is 21.9. The van der Waals surface area contributed by atoms with E-state index in [1.807, 2.05) is 6.92 Å². The summed E-state index contributed by atoms with van der Waals surface area (Å²) < 4.78 is 8.85. The van der Waals surface area contributed by atoms with Crippen LogP contribution in [0.15, 0.2) is 0 Å². The molecule has 7 heteroatoms. The van der Waals surface area contributed by atoms with E-state index in [0.717, 1.165) is 19.3 Å². The molecule has 3 atom stereocenters. The van der Waals surface area contributed by atoms with Crippen LogP contribution in [0, 0.1) is 11.3 Å². The van der Waals surface area contributed by atoms with Gasteiger partial charge in [0.2, 0.25) is 0 Å². The molecule has 4 nitrogen and oxygen atoms in total. The molecule has 0 aromatic heterocycles. The normalized spacial score (nSPS) is 35.8. The van der Waals surface area contributed by atoms with Crippen molar-refractivity contribution in [2.24, 2.45) is 11.3 Å². The van der Waals surface area contributed by atoms with Crippen LogP contribution in [0.3, 0.4) is 0 Å². The van der Waals surface area contributed by atoms with Gasteiger partial charge in [-0.1, -0.05) is 53.1 Å². The van der Waals surface area contributed by atoms with E-state index >= 15 is 0 Å². The Balaban J connectivity index is 2.18. The van der Waals surface area contributed by atoms with Crippen molar-refractivity contribution in [3.8, 4) is 0 Å². The largest absolute Gasteiger partial charge is 0.468 e. The molecule has 0 aliphatic heterocycles. The summed E-state index contributed by atoms with van der Waals surface area (Å²) in [6.45, 7) is 20.3. The average molecular weight is 371 g/mol. The Hall–Kier alpha value is 0.339. The van der Waals surface area contributed by atoms with Gasteiger partial charge < -0.3 is 19.0 Å². The van der Waals surface area contributed by atoms with Crippen LogP contribution in [-0.4, -0.2) is 55.6 Å². The predicted molar refractivity (Wildman–Crippen MR) is 107 cm³/mol. The van der Waals surface area contributed by atoms with Gasteiger partial charge in [0.25, 0.3) is 0 Å². The highest BCUT2D eigenvalue weighted by Crippen LogP contribution is 2.67. The highest BCUT2D eigenvalue weighted by atomic mass is 28.4. The van der Waals surface area contributed by atoms with Crippen LogP contribution in [0.5, 0.6) is 0 Å². The van der Waals surface area contributed by atoms with Gasteiger partial charge in [-0.05, 0) is 37.5 Å². The van der Waals surface area contributed by atoms with Gasteiger partial charge in [0.15, 0.2) is 0 Å². The smallest absolute Gasteiger partial charge is 0.426 e. The molecule has 3 aliphatic rings. The molecule has 0 heterocycles. The number of rotatable bonds is 6. The fraction of sp³-hybridized carbons (Fsp3) is 1.00. The van der Waals surface area contributed by atoms with Crippen molar-refractivity contribution in [2.75, 3.05) is 6.44 Å². The van der Waals surface area contributed by atoms with E-state index in [-0.39, 0.29) is 5.41 Å². The summed E-state index contributed by atoms with van der Waals surface area (Å²) in [4.78, 5) is 0. The molecule has 0 aromatic rings. The van der Waals surface area contributed by atoms with Crippen LogP contribution >= 0.6 is 0 Å². The Morgan fingerprint density at radius 2 is 1.58 bits per heavy atom. The molecular formula is C17H38BNO3Si2. The predicted octanol–water partition coefficient (Wildman–Crippen LogP) is 3.32. The Labute approximate surface area is 151 Å². The minimum atomic E-state index is -1.54. The van der Waals surface area contributed by atoms with E-state index in [1.54, 1.807) is 0 Å². The first-order valence-electron chi connectivity index (χ1n) is 9.41. The third kappa shape index (κ3) is 3.20. The molecule has 0 amide bonds. The molecule has 3 rings (SSSR count). The second-order valence-corrected chi connectivity index (χ2v) is 21.0. The monoisotopic (exact) mass is 371 g/mol. The fourth-order valence-electron chi connectivity index (χ4n) is 5.40. The molecule has 0 aromatic carbocycles. The molecule has 3 saturated carbocycles. The number of aliphatic hydroxyl groups is 1. The van der Waals surface area contributed by atoms with E-state index in [4.69, 9.17) is 4.65 Å². The standard InChI is InChI=1S/C17H38BNO3Si2/c1-15(2)14-10-11-16(3,20)17(15,12-14)22-18(21)13-19(23(4,5)6)24(7,8)9/h14,20-21H,10-13H2,1-9H3. The Morgan fingerprint density at radius 1 is 1.08 bits per heavy atom. The second-order valence-electron chi connectivity index (χ2n) is 10.8. The van der Waals surface area contributed by atoms with Crippen LogP contribution in [-0.2, 0) is 4.65 Å². The zero-order chi connectivity index (χ0) is 18.8. The van der Waals surface area contributed by atoms with E-state index < -0.39 is 34.8 Å². The van der Waals surface area contributed by atoms with Crippen molar-refractivity contribution in [2.45, 2.75) is 90.5 Å². The lowest BCUT2D eigenvalue weighted by atomic mass is 9.41. The highest BCUT2D eigenvalue weighted by Gasteiger charge is 2.71. The highest BCUT2D eigenvalue weighted by molar-refractivity contribution is 6.90. The van der Waals surface area contributed by atoms with Crippen molar-refractivity contribution in [3.05, 3.63) is 0 Å². The molecular weight excluding hydrogens is 333 g/mol. The molecule has 3 unspecified atom stereocenters. The molecule has 3 aliphatic carbocycles. The zero-order valence-corrected chi connectivity index (χ0v) is 19.2. The summed E-state index contributed by atoms with van der Waals surface area (Å²) in [6.07, 6.45) is 3.24. The van der Waals surface area contributed by atoms with Gasteiger partial charge in [0.1, 0.15) is 16.5 Å². The molecule has 0 radical (unpaired) electrons. The first-order chi connectivity index (χ1) is 10.5. The lowest BCUT2D eigenvalue weighted by molar-refractivity contribution is -0.304. The van der Waals surface area contributed by atoms with Gasteiger partial charge >= 0.3 is 7.12 Å². The second kappa shape index (κ2) is 5.92. The average Bonchev–Trinajstić information content (AvgIpc) is 2.34. The molecule has 2 N–H and O–H groups in total. The number of hydrogen-bond acceptors (Lipinski definition) is 4. The van der Waals surface area contributed by atoms with E-state index in [2.05, 4.69) is 57.4 Å². The quantitative estimate of drug-likeness (QED) is 0.704. The minimum Gasteiger partial charge on any atom is -0.426 e. The SMILES string of the molecule is CC1(O)CCC2CC1(OB(O)CN([Si](C)(C)C)[Si](C)(C)C)C2(C)C. The van der Waals surface area contributed by atoms with E-state index in [1.165, 1.54) is 0 Å². The van der Waals surface area contributed by atoms with Crippen molar-refractivity contribution in [1.29, 1.82) is 0 Å². The summed E-state index contributed by atoms with van der Waals surface area (Å²) in [5.74, 6) is 0.593. The molecule has 3 fully saturated rings. The molecule has 2 bridgehead atoms. The summed E-state index contributed by atoms with van der Waals surface area (Å²) in [6, 6.07) is 0. The van der Waals surface area contributed by atoms with Gasteiger partial charge in [-0.15, -0.1) is 0 Å². The van der Waals surface area contributed by atoms with E-state index in [9.17, 15) is 10.1 Å². The maximum absolute atomic E-state index is 11.0. The fourth-order valence-corrected chi connectivity index (χ4v) is 14.9. The molecule has 24 heavy (non-hydrogen) atoms. The van der Waals surface area contributed by atoms with Crippen molar-refractivity contribution < 1.29 is 14.8 Å². The minimum absolute atomic E-state index is 0.0844. The van der Waals surface area contributed by atoms with Gasteiger partial charge in [-0.25, -0.2) is 0 Å². The van der Waals surface area contributed by atoms with Crippen LogP contribution in [0.25, 0.3) is 0 Å². The van der Waals surface area contributed by atoms with Crippen LogP contribution < -0.4 is 0 Å². The van der Waals surface area contributed by atoms with E-state index in [0.29, 0.717) is 12.4 Å². The maximum Gasteiger partial charge on any atom is 0.468 e. The Morgan fingerprint density at radius 3 is 1.96 bits per heavy atom. The third-order valence-electron chi connectivity index (χ3n) is 6.74. The van der Waals surface area contributed by atoms with Crippen LogP contribution in [0.2, 0.25) is 39.3 Å². The van der Waals surface area contributed by atoms with Gasteiger partial charge in [-0.2, -0.15) is 0 Å². The molecule has 0 saturated heterocycles. The Kier molecular flexibility index (Phi) is 5.10. The van der Waals surface area contributed by atoms with Crippen molar-refractivity contribution in [1.82, 2.24) is 4.23 Å².